The molecule has 0 saturated carbocycles. The predicted molar refractivity (Wildman–Crippen MR) is 104 cm³/mol. The van der Waals surface area contributed by atoms with Gasteiger partial charge in [0.05, 0.1) is 7.11 Å². The number of rotatable bonds is 7. The molecular weight excluding hydrogens is 352 g/mol. The van der Waals surface area contributed by atoms with Gasteiger partial charge in [-0.05, 0) is 62.7 Å². The number of hydrogen-bond acceptors (Lipinski definition) is 3. The number of carbonyl (C=O) groups is 1. The van der Waals surface area contributed by atoms with Crippen molar-refractivity contribution in [3.8, 4) is 17.2 Å². The van der Waals surface area contributed by atoms with Gasteiger partial charge in [0, 0.05) is 22.2 Å². The van der Waals surface area contributed by atoms with Gasteiger partial charge in [0.2, 0.25) is 0 Å². The number of methoxy groups -OCH3 is 1. The molecule has 0 aliphatic rings. The first kappa shape index (κ1) is 19.6. The van der Waals surface area contributed by atoms with Crippen LogP contribution in [0.2, 0.25) is 5.02 Å². The summed E-state index contributed by atoms with van der Waals surface area (Å²) >= 11 is 5.93. The molecule has 26 heavy (non-hydrogen) atoms. The van der Waals surface area contributed by atoms with E-state index in [-0.39, 0.29) is 0 Å². The molecule has 0 spiro atoms. The number of halogens is 1. The summed E-state index contributed by atoms with van der Waals surface area (Å²) in [5, 5.41) is 9.57. The van der Waals surface area contributed by atoms with Crippen molar-refractivity contribution in [3.05, 3.63) is 70.3 Å². The average molecular weight is 373 g/mol. The minimum atomic E-state index is -1.02. The minimum absolute atomic E-state index is 0.557. The normalized spacial score (nSPS) is 10.6. The summed E-state index contributed by atoms with van der Waals surface area (Å²) in [7, 11) is 1.60. The number of benzene rings is 2. The molecular formula is C21H21ClO4. The molecule has 0 aliphatic carbocycles. The Balaban J connectivity index is 2.57. The van der Waals surface area contributed by atoms with E-state index >= 15 is 0 Å². The van der Waals surface area contributed by atoms with Crippen LogP contribution in [0.25, 0.3) is 6.08 Å². The number of hydrogen-bond donors (Lipinski definition) is 1. The Morgan fingerprint density at radius 1 is 1.15 bits per heavy atom. The van der Waals surface area contributed by atoms with Crippen LogP contribution in [-0.4, -0.2) is 18.2 Å². The quantitative estimate of drug-likeness (QED) is 0.496. The molecule has 0 aromatic heterocycles. The number of allylic oxidation sites excluding steroid dienone is 2. The van der Waals surface area contributed by atoms with Crippen LogP contribution < -0.4 is 9.47 Å². The predicted octanol–water partition coefficient (Wildman–Crippen LogP) is 5.75. The van der Waals surface area contributed by atoms with Crippen LogP contribution in [0.4, 0.5) is 0 Å². The van der Waals surface area contributed by atoms with E-state index in [9.17, 15) is 4.79 Å². The van der Waals surface area contributed by atoms with Crippen molar-refractivity contribution in [2.75, 3.05) is 7.11 Å². The third-order valence-corrected chi connectivity index (χ3v) is 3.87. The molecule has 0 bridgehead atoms. The van der Waals surface area contributed by atoms with Gasteiger partial charge >= 0.3 is 5.97 Å². The topological polar surface area (TPSA) is 55.8 Å². The maximum atomic E-state index is 10.9. The van der Waals surface area contributed by atoms with Crippen molar-refractivity contribution in [2.45, 2.75) is 20.3 Å². The fraction of sp³-hybridized carbons (Fsp3) is 0.190. The van der Waals surface area contributed by atoms with Gasteiger partial charge in [-0.25, -0.2) is 4.79 Å². The monoisotopic (exact) mass is 372 g/mol. The van der Waals surface area contributed by atoms with Crippen molar-refractivity contribution >= 4 is 23.6 Å². The second-order valence-corrected chi connectivity index (χ2v) is 6.31. The summed E-state index contributed by atoms with van der Waals surface area (Å²) in [5.74, 6) is 0.816. The second-order valence-electron chi connectivity index (χ2n) is 5.88. The van der Waals surface area contributed by atoms with Crippen LogP contribution >= 0.6 is 11.6 Å². The zero-order valence-electron chi connectivity index (χ0n) is 15.0. The molecule has 2 aromatic rings. The van der Waals surface area contributed by atoms with E-state index < -0.39 is 5.97 Å². The van der Waals surface area contributed by atoms with Gasteiger partial charge in [-0.1, -0.05) is 23.3 Å². The largest absolute Gasteiger partial charge is 0.496 e. The van der Waals surface area contributed by atoms with Crippen LogP contribution in [-0.2, 0) is 11.2 Å². The van der Waals surface area contributed by atoms with E-state index in [1.807, 2.05) is 19.9 Å². The highest BCUT2D eigenvalue weighted by molar-refractivity contribution is 6.30. The highest BCUT2D eigenvalue weighted by Gasteiger charge is 2.15. The van der Waals surface area contributed by atoms with Crippen molar-refractivity contribution in [1.29, 1.82) is 0 Å². The summed E-state index contributed by atoms with van der Waals surface area (Å²) in [5.41, 5.74) is 2.66. The Bertz CT molecular complexity index is 832. The zero-order valence-corrected chi connectivity index (χ0v) is 15.7. The van der Waals surface area contributed by atoms with E-state index in [1.54, 1.807) is 37.4 Å². The van der Waals surface area contributed by atoms with Crippen molar-refractivity contribution < 1.29 is 19.4 Å². The summed E-state index contributed by atoms with van der Waals surface area (Å²) in [6.45, 7) is 4.03. The van der Waals surface area contributed by atoms with Gasteiger partial charge < -0.3 is 14.6 Å². The summed E-state index contributed by atoms with van der Waals surface area (Å²) in [4.78, 5) is 10.9. The van der Waals surface area contributed by atoms with Gasteiger partial charge in [-0.2, -0.15) is 0 Å². The Morgan fingerprint density at radius 2 is 1.85 bits per heavy atom. The molecule has 0 atom stereocenters. The molecule has 0 amide bonds. The van der Waals surface area contributed by atoms with Gasteiger partial charge in [0.1, 0.15) is 17.2 Å². The number of carboxylic acid groups (broad SMARTS) is 1. The van der Waals surface area contributed by atoms with Gasteiger partial charge in [-0.3, -0.25) is 0 Å². The molecule has 5 heteroatoms. The van der Waals surface area contributed by atoms with Gasteiger partial charge in [0.25, 0.3) is 0 Å². The van der Waals surface area contributed by atoms with Crippen molar-refractivity contribution in [1.82, 2.24) is 0 Å². The van der Waals surface area contributed by atoms with Crippen LogP contribution in [0.1, 0.15) is 25.0 Å². The fourth-order valence-electron chi connectivity index (χ4n) is 2.35. The SMILES string of the molecule is COc1ccc(/C=C/C(=O)O)c(Oc2ccc(Cl)cc2)c1CC=C(C)C. The third kappa shape index (κ3) is 5.39. The van der Waals surface area contributed by atoms with Crippen molar-refractivity contribution in [2.24, 2.45) is 0 Å². The van der Waals surface area contributed by atoms with E-state index in [2.05, 4.69) is 6.08 Å². The first-order chi connectivity index (χ1) is 12.4. The Kier molecular flexibility index (Phi) is 6.87. The summed E-state index contributed by atoms with van der Waals surface area (Å²) < 4.78 is 11.6. The summed E-state index contributed by atoms with van der Waals surface area (Å²) in [6.07, 6.45) is 5.26. The van der Waals surface area contributed by atoms with Crippen LogP contribution in [0.5, 0.6) is 17.2 Å². The number of ether oxygens (including phenoxy) is 2. The molecule has 2 rings (SSSR count). The molecule has 0 aliphatic heterocycles. The maximum Gasteiger partial charge on any atom is 0.328 e. The molecule has 0 saturated heterocycles. The highest BCUT2D eigenvalue weighted by Crippen LogP contribution is 2.37. The molecule has 0 heterocycles. The fourth-order valence-corrected chi connectivity index (χ4v) is 2.48. The van der Waals surface area contributed by atoms with Crippen LogP contribution in [0.3, 0.4) is 0 Å². The van der Waals surface area contributed by atoms with Crippen molar-refractivity contribution in [3.63, 3.8) is 0 Å². The lowest BCUT2D eigenvalue weighted by atomic mass is 10.0. The molecule has 136 valence electrons. The molecule has 0 radical (unpaired) electrons. The molecule has 1 N–H and O–H groups in total. The second kappa shape index (κ2) is 9.11. The minimum Gasteiger partial charge on any atom is -0.496 e. The summed E-state index contributed by atoms with van der Waals surface area (Å²) in [6, 6.07) is 10.6. The number of carboxylic acids is 1. The molecule has 4 nitrogen and oxygen atoms in total. The molecule has 2 aromatic carbocycles. The standard InChI is InChI=1S/C21H21ClO4/c1-14(2)4-11-18-19(25-3)12-5-15(6-13-20(23)24)21(18)26-17-9-7-16(22)8-10-17/h4-10,12-13H,11H2,1-3H3,(H,23,24)/b13-6+. The first-order valence-corrected chi connectivity index (χ1v) is 8.46. The lowest BCUT2D eigenvalue weighted by Crippen LogP contribution is -1.99. The maximum absolute atomic E-state index is 10.9. The van der Waals surface area contributed by atoms with Crippen LogP contribution in [0.15, 0.2) is 54.1 Å². The van der Waals surface area contributed by atoms with E-state index in [1.165, 1.54) is 6.08 Å². The average Bonchev–Trinajstić information content (AvgIpc) is 2.60. The number of aliphatic carboxylic acids is 1. The Labute approximate surface area is 158 Å². The van der Waals surface area contributed by atoms with Crippen LogP contribution in [0, 0.1) is 0 Å². The Hall–Kier alpha value is -2.72. The highest BCUT2D eigenvalue weighted by atomic mass is 35.5. The van der Waals surface area contributed by atoms with E-state index in [0.717, 1.165) is 17.2 Å². The van der Waals surface area contributed by atoms with Gasteiger partial charge in [-0.15, -0.1) is 0 Å². The van der Waals surface area contributed by atoms with Gasteiger partial charge in [0.15, 0.2) is 0 Å². The molecule has 0 unspecified atom stereocenters. The Morgan fingerprint density at radius 3 is 2.42 bits per heavy atom. The van der Waals surface area contributed by atoms with E-state index in [0.29, 0.717) is 34.3 Å². The lowest BCUT2D eigenvalue weighted by Gasteiger charge is -2.17. The smallest absolute Gasteiger partial charge is 0.328 e. The van der Waals surface area contributed by atoms with E-state index in [4.69, 9.17) is 26.2 Å². The zero-order chi connectivity index (χ0) is 19.1. The first-order valence-electron chi connectivity index (χ1n) is 8.08. The molecule has 0 fully saturated rings. The lowest BCUT2D eigenvalue weighted by molar-refractivity contribution is -0.131. The third-order valence-electron chi connectivity index (χ3n) is 3.62.